The Balaban J connectivity index is 2.80. The van der Waals surface area contributed by atoms with Crippen LogP contribution in [0.25, 0.3) is 0 Å². The molecule has 0 radical (unpaired) electrons. The molecule has 4 heteroatoms. The molecule has 0 spiro atoms. The van der Waals surface area contributed by atoms with Crippen molar-refractivity contribution < 1.29 is 14.1 Å². The smallest absolute Gasteiger partial charge is 0.333 e. The first-order valence-electron chi connectivity index (χ1n) is 7.21. The second-order valence-corrected chi connectivity index (χ2v) is 6.01. The van der Waals surface area contributed by atoms with Crippen LogP contribution in [0.2, 0.25) is 0 Å². The first-order chi connectivity index (χ1) is 10.6. The average molecular weight is 314 g/mol. The normalized spacial score (nSPS) is 11.4. The van der Waals surface area contributed by atoms with E-state index in [0.29, 0.717) is 11.1 Å². The van der Waals surface area contributed by atoms with Crippen molar-refractivity contribution in [3.63, 3.8) is 0 Å². The van der Waals surface area contributed by atoms with Gasteiger partial charge in [-0.2, -0.15) is 0 Å². The van der Waals surface area contributed by atoms with Gasteiger partial charge in [-0.25, -0.2) is 4.79 Å². The monoisotopic (exact) mass is 314 g/mol. The number of benzene rings is 2. The fraction of sp³-hybridized carbons (Fsp3) is 0.278. The van der Waals surface area contributed by atoms with E-state index in [4.69, 9.17) is 4.74 Å². The number of carbonyl (C=O) groups is 1. The molecule has 0 heterocycles. The molecule has 0 bridgehead atoms. The van der Waals surface area contributed by atoms with Crippen molar-refractivity contribution >= 4 is 14.4 Å². The molecule has 0 aliphatic heterocycles. The van der Waals surface area contributed by atoms with Gasteiger partial charge in [-0.1, -0.05) is 48.5 Å². The van der Waals surface area contributed by atoms with E-state index in [2.05, 4.69) is 0 Å². The van der Waals surface area contributed by atoms with E-state index in [1.807, 2.05) is 62.4 Å². The van der Waals surface area contributed by atoms with Gasteiger partial charge in [0.25, 0.3) is 0 Å². The molecule has 2 aromatic carbocycles. The average Bonchev–Trinajstić information content (AvgIpc) is 2.52. The molecule has 0 amide bonds. The maximum Gasteiger partial charge on any atom is 0.333 e. The topological polar surface area (TPSA) is 43.4 Å². The summed E-state index contributed by atoms with van der Waals surface area (Å²) in [7, 11) is -0.296. The van der Waals surface area contributed by atoms with E-state index in [1.54, 1.807) is 6.92 Å². The zero-order chi connectivity index (χ0) is 16.2. The summed E-state index contributed by atoms with van der Waals surface area (Å²) in [5, 5.41) is -1.33. The van der Waals surface area contributed by atoms with E-state index >= 15 is 0 Å². The maximum atomic E-state index is 12.8. The molecule has 3 nitrogen and oxygen atoms in total. The lowest BCUT2D eigenvalue weighted by atomic mass is 9.85. The number of hydrogen-bond donors (Lipinski definition) is 0. The third-order valence-corrected chi connectivity index (χ3v) is 4.72. The van der Waals surface area contributed by atoms with E-state index < -0.39 is 11.1 Å². The van der Waals surface area contributed by atoms with Gasteiger partial charge in [0.05, 0.1) is 6.61 Å². The molecule has 114 valence electrons. The Morgan fingerprint density at radius 3 is 1.82 bits per heavy atom. The number of ether oxygens (including phenoxy) is 1. The first kappa shape index (κ1) is 16.4. The first-order valence-corrected chi connectivity index (χ1v) is 8.03. The van der Waals surface area contributed by atoms with Crippen LogP contribution in [0, 0.1) is 13.8 Å². The highest BCUT2D eigenvalue weighted by atomic mass is 31.1. The fourth-order valence-electron chi connectivity index (χ4n) is 2.69. The van der Waals surface area contributed by atoms with Crippen LogP contribution in [0.4, 0.5) is 0 Å². The highest BCUT2D eigenvalue weighted by Crippen LogP contribution is 2.45. The summed E-state index contributed by atoms with van der Waals surface area (Å²) in [5.74, 6) is -0.490. The molecule has 0 aliphatic carbocycles. The van der Waals surface area contributed by atoms with Gasteiger partial charge < -0.3 is 4.74 Å². The summed E-state index contributed by atoms with van der Waals surface area (Å²) in [6.45, 7) is 5.81. The molecule has 0 saturated heterocycles. The van der Waals surface area contributed by atoms with Gasteiger partial charge in [0.2, 0.25) is 0 Å². The Morgan fingerprint density at radius 1 is 1.00 bits per heavy atom. The van der Waals surface area contributed by atoms with Crippen molar-refractivity contribution in [2.45, 2.75) is 25.9 Å². The molecule has 0 aliphatic rings. The maximum absolute atomic E-state index is 12.8. The summed E-state index contributed by atoms with van der Waals surface area (Å²) in [6, 6.07) is 15.0. The van der Waals surface area contributed by atoms with Gasteiger partial charge in [-0.15, -0.1) is 0 Å². The molecule has 0 N–H and O–H groups in total. The highest BCUT2D eigenvalue weighted by Gasteiger charge is 2.46. The Kier molecular flexibility index (Phi) is 5.10. The lowest BCUT2D eigenvalue weighted by Gasteiger charge is -2.28. The predicted molar refractivity (Wildman–Crippen MR) is 87.4 cm³/mol. The summed E-state index contributed by atoms with van der Waals surface area (Å²) < 4.78 is 17.5. The van der Waals surface area contributed by atoms with Crippen LogP contribution in [0.5, 0.6) is 0 Å². The van der Waals surface area contributed by atoms with Crippen LogP contribution in [0.1, 0.15) is 29.2 Å². The number of carbonyl (C=O) groups excluding carboxylic acids is 1. The number of aryl methyl sites for hydroxylation is 2. The fourth-order valence-corrected chi connectivity index (χ4v) is 3.53. The molecule has 0 unspecified atom stereocenters. The lowest BCUT2D eigenvalue weighted by molar-refractivity contribution is -0.145. The van der Waals surface area contributed by atoms with Gasteiger partial charge in [0.15, 0.2) is 13.6 Å². The minimum absolute atomic E-state index is 0.244. The largest absolute Gasteiger partial charge is 0.464 e. The van der Waals surface area contributed by atoms with E-state index in [9.17, 15) is 9.36 Å². The van der Waals surface area contributed by atoms with Crippen LogP contribution in [-0.4, -0.2) is 12.6 Å². The van der Waals surface area contributed by atoms with Crippen LogP contribution in [0.3, 0.4) is 0 Å². The quantitative estimate of drug-likeness (QED) is 0.607. The lowest BCUT2D eigenvalue weighted by Crippen LogP contribution is -2.35. The van der Waals surface area contributed by atoms with Gasteiger partial charge in [0.1, 0.15) is 0 Å². The van der Waals surface area contributed by atoms with Crippen molar-refractivity contribution in [3.05, 3.63) is 70.8 Å². The predicted octanol–water partition coefficient (Wildman–Crippen LogP) is 4.40. The van der Waals surface area contributed by atoms with Gasteiger partial charge in [0, 0.05) is 0 Å². The second-order valence-electron chi connectivity index (χ2n) is 5.15. The minimum Gasteiger partial charge on any atom is -0.464 e. The Morgan fingerprint density at radius 2 is 1.45 bits per heavy atom. The van der Waals surface area contributed by atoms with E-state index in [0.717, 1.165) is 11.1 Å². The Hall–Kier alpha value is -1.99. The van der Waals surface area contributed by atoms with Crippen molar-refractivity contribution in [2.24, 2.45) is 0 Å². The summed E-state index contributed by atoms with van der Waals surface area (Å²) in [5.41, 5.74) is 3.23. The zero-order valence-corrected chi connectivity index (χ0v) is 13.9. The molecule has 0 atom stereocenters. The number of rotatable bonds is 5. The summed E-state index contributed by atoms with van der Waals surface area (Å²) >= 11 is 0. The molecule has 22 heavy (non-hydrogen) atoms. The third-order valence-electron chi connectivity index (χ3n) is 3.78. The van der Waals surface area contributed by atoms with Crippen LogP contribution >= 0.6 is 8.46 Å². The zero-order valence-electron chi connectivity index (χ0n) is 13.0. The second kappa shape index (κ2) is 6.85. The van der Waals surface area contributed by atoms with Gasteiger partial charge >= 0.3 is 5.97 Å². The summed E-state index contributed by atoms with van der Waals surface area (Å²) in [4.78, 5) is 12.8. The third kappa shape index (κ3) is 2.69. The van der Waals surface area contributed by atoms with Crippen molar-refractivity contribution in [1.82, 2.24) is 0 Å². The molecular formula is C18H19O3P. The van der Waals surface area contributed by atoms with Crippen LogP contribution in [0.15, 0.2) is 48.5 Å². The van der Waals surface area contributed by atoms with Crippen molar-refractivity contribution in [1.29, 1.82) is 0 Å². The molecular weight excluding hydrogens is 295 g/mol. The summed E-state index contributed by atoms with van der Waals surface area (Å²) in [6.07, 6.45) is 0. The Labute approximate surface area is 132 Å². The highest BCUT2D eigenvalue weighted by molar-refractivity contribution is 7.27. The van der Waals surface area contributed by atoms with Gasteiger partial charge in [-0.3, -0.25) is 4.57 Å². The minimum atomic E-state index is -1.33. The van der Waals surface area contributed by atoms with Crippen molar-refractivity contribution in [3.8, 4) is 0 Å². The SMILES string of the molecule is CCOC(=O)C(P=O)(c1ccccc1C)c1ccccc1C. The standard InChI is InChI=1S/C18H19O3P/c1-4-21-17(19)18(22-20,15-11-7-5-9-13(15)2)16-12-8-6-10-14(16)3/h5-12H,4H2,1-3H3. The van der Waals surface area contributed by atoms with Crippen LogP contribution < -0.4 is 0 Å². The van der Waals surface area contributed by atoms with Crippen LogP contribution in [-0.2, 0) is 19.3 Å². The number of hydrogen-bond acceptors (Lipinski definition) is 3. The molecule has 0 fully saturated rings. The molecule has 2 aromatic rings. The molecule has 0 aromatic heterocycles. The molecule has 0 saturated carbocycles. The number of esters is 1. The Bertz CT molecular complexity index is 649. The molecule has 2 rings (SSSR count). The van der Waals surface area contributed by atoms with E-state index in [-0.39, 0.29) is 15.1 Å². The van der Waals surface area contributed by atoms with Crippen molar-refractivity contribution in [2.75, 3.05) is 6.61 Å². The van der Waals surface area contributed by atoms with Gasteiger partial charge in [-0.05, 0) is 43.0 Å². The van der Waals surface area contributed by atoms with E-state index in [1.165, 1.54) is 0 Å².